The maximum Gasteiger partial charge on any atom is 0.266 e. The number of ether oxygens (including phenoxy) is 1. The van der Waals surface area contributed by atoms with E-state index in [1.165, 1.54) is 19.3 Å². The van der Waals surface area contributed by atoms with Gasteiger partial charge in [-0.25, -0.2) is 0 Å². The lowest BCUT2D eigenvalue weighted by atomic mass is 9.86. The van der Waals surface area contributed by atoms with Gasteiger partial charge in [-0.1, -0.05) is 0 Å². The van der Waals surface area contributed by atoms with E-state index in [-0.39, 0.29) is 11.5 Å². The van der Waals surface area contributed by atoms with Crippen LogP contribution >= 0.6 is 0 Å². The van der Waals surface area contributed by atoms with Crippen molar-refractivity contribution in [2.24, 2.45) is 5.73 Å². The maximum absolute atomic E-state index is 6.07. The lowest BCUT2D eigenvalue weighted by molar-refractivity contribution is 0.169. The van der Waals surface area contributed by atoms with Gasteiger partial charge in [0.15, 0.2) is 0 Å². The molecule has 0 radical (unpaired) electrons. The molecule has 2 unspecified atom stereocenters. The molecule has 2 fully saturated rings. The molecule has 2 saturated heterocycles. The van der Waals surface area contributed by atoms with Gasteiger partial charge in [0.25, 0.3) is 5.95 Å². The lowest BCUT2D eigenvalue weighted by Crippen LogP contribution is -2.42. The summed E-state index contributed by atoms with van der Waals surface area (Å²) in [5.41, 5.74) is 5.72. The molecule has 100 valence electrons. The number of nitrogens with zero attached hydrogens (tertiary/aromatic N) is 3. The minimum atomic E-state index is -0.346. The molecular weight excluding hydrogens is 232 g/mol. The van der Waals surface area contributed by atoms with E-state index in [0.29, 0.717) is 25.1 Å². The maximum atomic E-state index is 6.07. The molecule has 2 aliphatic rings. The zero-order chi connectivity index (χ0) is 12.6. The molecule has 0 bridgehead atoms. The monoisotopic (exact) mass is 252 g/mol. The van der Waals surface area contributed by atoms with Crippen LogP contribution in [0, 0.1) is 0 Å². The molecule has 3 heterocycles. The van der Waals surface area contributed by atoms with Gasteiger partial charge >= 0.3 is 0 Å². The van der Waals surface area contributed by atoms with Crippen molar-refractivity contribution in [1.82, 2.24) is 10.1 Å². The number of aromatic nitrogens is 2. The van der Waals surface area contributed by atoms with Crippen molar-refractivity contribution < 1.29 is 9.26 Å². The van der Waals surface area contributed by atoms with Gasteiger partial charge in [0.05, 0.1) is 18.6 Å². The number of hydrogen-bond donors (Lipinski definition) is 1. The Labute approximate surface area is 106 Å². The predicted octanol–water partition coefficient (Wildman–Crippen LogP) is 0.675. The standard InChI is InChI=1S/C12H20N4O2/c1-12(8-17-7-9(12)13)10-14-11(15-18-10)16-5-3-2-4-6-16/h9H,2-8,13H2,1H3. The minimum Gasteiger partial charge on any atom is -0.379 e. The average Bonchev–Trinajstić information content (AvgIpc) is 3.00. The van der Waals surface area contributed by atoms with Gasteiger partial charge in [-0.15, -0.1) is 0 Å². The summed E-state index contributed by atoms with van der Waals surface area (Å²) in [4.78, 5) is 6.71. The zero-order valence-electron chi connectivity index (χ0n) is 10.8. The van der Waals surface area contributed by atoms with Gasteiger partial charge in [-0.3, -0.25) is 0 Å². The second-order valence-corrected chi connectivity index (χ2v) is 5.49. The third-order valence-electron chi connectivity index (χ3n) is 4.06. The molecule has 2 atom stereocenters. The average molecular weight is 252 g/mol. The Morgan fingerprint density at radius 3 is 2.78 bits per heavy atom. The number of hydrogen-bond acceptors (Lipinski definition) is 6. The Hall–Kier alpha value is -1.14. The number of nitrogens with two attached hydrogens (primary N) is 1. The molecule has 0 aromatic carbocycles. The van der Waals surface area contributed by atoms with Gasteiger partial charge < -0.3 is 19.9 Å². The van der Waals surface area contributed by atoms with Crippen LogP contribution in [0.1, 0.15) is 32.1 Å². The van der Waals surface area contributed by atoms with E-state index in [2.05, 4.69) is 15.0 Å². The third kappa shape index (κ3) is 1.89. The van der Waals surface area contributed by atoms with E-state index in [1.54, 1.807) is 0 Å². The summed E-state index contributed by atoms with van der Waals surface area (Å²) in [7, 11) is 0. The van der Waals surface area contributed by atoms with E-state index in [9.17, 15) is 0 Å². The fourth-order valence-electron chi connectivity index (χ4n) is 2.58. The van der Waals surface area contributed by atoms with Crippen molar-refractivity contribution in [2.75, 3.05) is 31.2 Å². The van der Waals surface area contributed by atoms with Crippen molar-refractivity contribution in [2.45, 2.75) is 37.6 Å². The first-order valence-corrected chi connectivity index (χ1v) is 6.62. The van der Waals surface area contributed by atoms with Gasteiger partial charge in [0.1, 0.15) is 0 Å². The largest absolute Gasteiger partial charge is 0.379 e. The molecular formula is C12H20N4O2. The Morgan fingerprint density at radius 2 is 2.11 bits per heavy atom. The molecule has 0 amide bonds. The topological polar surface area (TPSA) is 77.4 Å². The summed E-state index contributed by atoms with van der Waals surface area (Å²) in [6.07, 6.45) is 3.69. The van der Waals surface area contributed by atoms with Crippen LogP contribution in [0.15, 0.2) is 4.52 Å². The van der Waals surface area contributed by atoms with Gasteiger partial charge in [0, 0.05) is 19.1 Å². The van der Waals surface area contributed by atoms with Crippen LogP contribution in [0.2, 0.25) is 0 Å². The van der Waals surface area contributed by atoms with Crippen LogP contribution in [0.25, 0.3) is 0 Å². The van der Waals surface area contributed by atoms with Crippen LogP contribution < -0.4 is 10.6 Å². The van der Waals surface area contributed by atoms with Crippen LogP contribution in [-0.2, 0) is 10.2 Å². The summed E-state index contributed by atoms with van der Waals surface area (Å²) in [5.74, 6) is 1.30. The van der Waals surface area contributed by atoms with Gasteiger partial charge in [-0.2, -0.15) is 4.98 Å². The number of rotatable bonds is 2. The number of piperidine rings is 1. The minimum absolute atomic E-state index is 0.0767. The van der Waals surface area contributed by atoms with Crippen molar-refractivity contribution >= 4 is 5.95 Å². The van der Waals surface area contributed by atoms with E-state index >= 15 is 0 Å². The SMILES string of the molecule is CC1(c2nc(N3CCCCC3)no2)COCC1N. The zero-order valence-corrected chi connectivity index (χ0v) is 10.8. The molecule has 0 spiro atoms. The molecule has 18 heavy (non-hydrogen) atoms. The van der Waals surface area contributed by atoms with Crippen LogP contribution in [0.5, 0.6) is 0 Å². The Kier molecular flexibility index (Phi) is 2.99. The molecule has 3 rings (SSSR count). The number of anilines is 1. The van der Waals surface area contributed by atoms with Crippen molar-refractivity contribution in [3.63, 3.8) is 0 Å². The van der Waals surface area contributed by atoms with E-state index in [0.717, 1.165) is 13.1 Å². The lowest BCUT2D eigenvalue weighted by Gasteiger charge is -2.25. The molecule has 2 aliphatic heterocycles. The quantitative estimate of drug-likeness (QED) is 0.833. The summed E-state index contributed by atoms with van der Waals surface area (Å²) in [5, 5.41) is 4.09. The van der Waals surface area contributed by atoms with Crippen LogP contribution in [0.4, 0.5) is 5.95 Å². The first-order chi connectivity index (χ1) is 8.70. The Morgan fingerprint density at radius 1 is 1.33 bits per heavy atom. The fourth-order valence-corrected chi connectivity index (χ4v) is 2.58. The molecule has 1 aromatic heterocycles. The molecule has 6 nitrogen and oxygen atoms in total. The molecule has 1 aromatic rings. The highest BCUT2D eigenvalue weighted by atomic mass is 16.5. The normalized spacial score (nSPS) is 33.0. The van der Waals surface area contributed by atoms with Crippen LogP contribution in [0.3, 0.4) is 0 Å². The first kappa shape index (κ1) is 11.9. The van der Waals surface area contributed by atoms with E-state index in [4.69, 9.17) is 15.0 Å². The fraction of sp³-hybridized carbons (Fsp3) is 0.833. The summed E-state index contributed by atoms with van der Waals surface area (Å²) < 4.78 is 10.8. The van der Waals surface area contributed by atoms with E-state index in [1.807, 2.05) is 6.92 Å². The van der Waals surface area contributed by atoms with Crippen LogP contribution in [-0.4, -0.2) is 42.5 Å². The molecule has 0 aliphatic carbocycles. The van der Waals surface area contributed by atoms with Crippen molar-refractivity contribution in [1.29, 1.82) is 0 Å². The second-order valence-electron chi connectivity index (χ2n) is 5.49. The Bertz CT molecular complexity index is 416. The van der Waals surface area contributed by atoms with Crippen molar-refractivity contribution in [3.05, 3.63) is 5.89 Å². The molecule has 0 saturated carbocycles. The molecule has 6 heteroatoms. The van der Waals surface area contributed by atoms with E-state index < -0.39 is 0 Å². The predicted molar refractivity (Wildman–Crippen MR) is 66.5 cm³/mol. The second kappa shape index (κ2) is 4.51. The summed E-state index contributed by atoms with van der Waals surface area (Å²) >= 11 is 0. The third-order valence-corrected chi connectivity index (χ3v) is 4.06. The summed E-state index contributed by atoms with van der Waals surface area (Å²) in [6.45, 7) is 5.16. The van der Waals surface area contributed by atoms with Crippen molar-refractivity contribution in [3.8, 4) is 0 Å². The summed E-state index contributed by atoms with van der Waals surface area (Å²) in [6, 6.07) is -0.0767. The Balaban J connectivity index is 1.80. The van der Waals surface area contributed by atoms with Gasteiger partial charge in [-0.05, 0) is 31.3 Å². The first-order valence-electron chi connectivity index (χ1n) is 6.62. The molecule has 2 N–H and O–H groups in total. The highest BCUT2D eigenvalue weighted by Gasteiger charge is 2.44. The van der Waals surface area contributed by atoms with Gasteiger partial charge in [0.2, 0.25) is 5.89 Å². The highest BCUT2D eigenvalue weighted by molar-refractivity contribution is 5.30. The highest BCUT2D eigenvalue weighted by Crippen LogP contribution is 2.31. The smallest absolute Gasteiger partial charge is 0.266 e.